The second-order valence-electron chi connectivity index (χ2n) is 6.34. The maximum Gasteiger partial charge on any atom is 0.0366 e. The Hall–Kier alpha value is -1.02. The summed E-state index contributed by atoms with van der Waals surface area (Å²) in [4.78, 5) is 2.52. The number of anilines is 1. The third kappa shape index (κ3) is 3.73. The van der Waals surface area contributed by atoms with Crippen molar-refractivity contribution in [2.24, 2.45) is 5.92 Å². The highest BCUT2D eigenvalue weighted by Gasteiger charge is 2.26. The van der Waals surface area contributed by atoms with E-state index in [9.17, 15) is 0 Å². The lowest BCUT2D eigenvalue weighted by molar-refractivity contribution is 0.359. The first-order chi connectivity index (χ1) is 9.31. The van der Waals surface area contributed by atoms with Crippen molar-refractivity contribution in [1.29, 1.82) is 0 Å². The van der Waals surface area contributed by atoms with E-state index in [0.29, 0.717) is 6.04 Å². The van der Waals surface area contributed by atoms with E-state index in [1.807, 2.05) is 0 Å². The van der Waals surface area contributed by atoms with Crippen LogP contribution in [-0.4, -0.2) is 25.2 Å². The van der Waals surface area contributed by atoms with Crippen LogP contribution in [0.1, 0.15) is 39.0 Å². The van der Waals surface area contributed by atoms with Gasteiger partial charge in [0.15, 0.2) is 0 Å². The molecule has 1 aromatic rings. The lowest BCUT2D eigenvalue weighted by atomic mass is 10.0. The summed E-state index contributed by atoms with van der Waals surface area (Å²) in [6, 6.07) is 12.3. The molecule has 1 saturated carbocycles. The Morgan fingerprint density at radius 1 is 1.11 bits per heavy atom. The molecular formula is C17H26N2. The second-order valence-corrected chi connectivity index (χ2v) is 6.34. The van der Waals surface area contributed by atoms with E-state index in [0.717, 1.165) is 12.0 Å². The van der Waals surface area contributed by atoms with Crippen LogP contribution in [0.3, 0.4) is 0 Å². The molecule has 0 amide bonds. The molecule has 1 atom stereocenters. The number of para-hydroxylation sites is 1. The summed E-state index contributed by atoms with van der Waals surface area (Å²) in [7, 11) is 0. The van der Waals surface area contributed by atoms with Crippen LogP contribution in [0.15, 0.2) is 30.3 Å². The van der Waals surface area contributed by atoms with Gasteiger partial charge in [0.25, 0.3) is 0 Å². The van der Waals surface area contributed by atoms with Gasteiger partial charge in [0.2, 0.25) is 0 Å². The van der Waals surface area contributed by atoms with Crippen molar-refractivity contribution < 1.29 is 0 Å². The normalized spacial score (nSPS) is 22.5. The van der Waals surface area contributed by atoms with Gasteiger partial charge in [-0.2, -0.15) is 0 Å². The van der Waals surface area contributed by atoms with Crippen molar-refractivity contribution in [3.63, 3.8) is 0 Å². The molecule has 0 spiro atoms. The summed E-state index contributed by atoms with van der Waals surface area (Å²) in [5.41, 5.74) is 1.38. The quantitative estimate of drug-likeness (QED) is 0.870. The van der Waals surface area contributed by atoms with Gasteiger partial charge in [0.1, 0.15) is 0 Å². The standard InChI is InChI=1S/C17H26N2/c1-14(13-15-7-8-15)18-16-9-11-19(12-10-16)17-5-3-2-4-6-17/h2-6,14-16,18H,7-13H2,1H3. The number of rotatable bonds is 5. The summed E-state index contributed by atoms with van der Waals surface area (Å²) in [5.74, 6) is 1.03. The molecule has 0 radical (unpaired) electrons. The molecule has 2 fully saturated rings. The van der Waals surface area contributed by atoms with E-state index in [4.69, 9.17) is 0 Å². The average Bonchev–Trinajstić information content (AvgIpc) is 3.24. The number of benzene rings is 1. The van der Waals surface area contributed by atoms with Gasteiger partial charge in [0.05, 0.1) is 0 Å². The first-order valence-electron chi connectivity index (χ1n) is 7.87. The average molecular weight is 258 g/mol. The lowest BCUT2D eigenvalue weighted by Gasteiger charge is -2.35. The molecule has 2 heteroatoms. The SMILES string of the molecule is CC(CC1CC1)NC1CCN(c2ccccc2)CC1. The van der Waals surface area contributed by atoms with Crippen LogP contribution >= 0.6 is 0 Å². The molecule has 1 aliphatic heterocycles. The molecule has 0 bridgehead atoms. The van der Waals surface area contributed by atoms with E-state index >= 15 is 0 Å². The Morgan fingerprint density at radius 3 is 2.42 bits per heavy atom. The third-order valence-electron chi connectivity index (χ3n) is 4.52. The van der Waals surface area contributed by atoms with Crippen LogP contribution in [-0.2, 0) is 0 Å². The smallest absolute Gasteiger partial charge is 0.0366 e. The third-order valence-corrected chi connectivity index (χ3v) is 4.52. The van der Waals surface area contributed by atoms with Crippen molar-refractivity contribution in [2.45, 2.75) is 51.1 Å². The minimum atomic E-state index is 0.709. The number of piperidine rings is 1. The zero-order valence-corrected chi connectivity index (χ0v) is 12.0. The minimum absolute atomic E-state index is 0.709. The summed E-state index contributed by atoms with van der Waals surface area (Å²) in [6.07, 6.45) is 6.89. The minimum Gasteiger partial charge on any atom is -0.371 e. The number of hydrogen-bond acceptors (Lipinski definition) is 2. The van der Waals surface area contributed by atoms with Crippen LogP contribution in [0, 0.1) is 5.92 Å². The molecule has 1 heterocycles. The molecule has 1 unspecified atom stereocenters. The zero-order chi connectivity index (χ0) is 13.1. The summed E-state index contributed by atoms with van der Waals surface area (Å²) in [5, 5.41) is 3.84. The fourth-order valence-electron chi connectivity index (χ4n) is 3.27. The molecule has 2 aliphatic rings. The maximum absolute atomic E-state index is 3.84. The van der Waals surface area contributed by atoms with Gasteiger partial charge < -0.3 is 10.2 Å². The Morgan fingerprint density at radius 2 is 1.79 bits per heavy atom. The molecule has 1 aliphatic carbocycles. The number of nitrogens with one attached hydrogen (secondary N) is 1. The van der Waals surface area contributed by atoms with Gasteiger partial charge in [-0.3, -0.25) is 0 Å². The predicted octanol–water partition coefficient (Wildman–Crippen LogP) is 3.43. The van der Waals surface area contributed by atoms with Gasteiger partial charge >= 0.3 is 0 Å². The van der Waals surface area contributed by atoms with Crippen molar-refractivity contribution >= 4 is 5.69 Å². The van der Waals surface area contributed by atoms with E-state index in [1.54, 1.807) is 0 Å². The highest BCUT2D eigenvalue weighted by Crippen LogP contribution is 2.33. The Balaban J connectivity index is 1.44. The van der Waals surface area contributed by atoms with Crippen LogP contribution in [0.5, 0.6) is 0 Å². The van der Waals surface area contributed by atoms with E-state index in [1.165, 1.54) is 50.9 Å². The second kappa shape index (κ2) is 5.96. The van der Waals surface area contributed by atoms with E-state index in [2.05, 4.69) is 47.5 Å². The van der Waals surface area contributed by atoms with Gasteiger partial charge in [0, 0.05) is 30.9 Å². The van der Waals surface area contributed by atoms with Crippen LogP contribution in [0.25, 0.3) is 0 Å². The Labute approximate surface area is 117 Å². The topological polar surface area (TPSA) is 15.3 Å². The van der Waals surface area contributed by atoms with Crippen molar-refractivity contribution in [3.05, 3.63) is 30.3 Å². The molecule has 0 aromatic heterocycles. The zero-order valence-electron chi connectivity index (χ0n) is 12.0. The molecule has 3 rings (SSSR count). The van der Waals surface area contributed by atoms with Crippen LogP contribution < -0.4 is 10.2 Å². The molecule has 2 nitrogen and oxygen atoms in total. The van der Waals surface area contributed by atoms with Gasteiger partial charge in [-0.15, -0.1) is 0 Å². The molecule has 104 valence electrons. The van der Waals surface area contributed by atoms with Gasteiger partial charge in [-0.1, -0.05) is 31.0 Å². The highest BCUT2D eigenvalue weighted by atomic mass is 15.1. The van der Waals surface area contributed by atoms with Crippen molar-refractivity contribution in [2.75, 3.05) is 18.0 Å². The van der Waals surface area contributed by atoms with E-state index in [-0.39, 0.29) is 0 Å². The largest absolute Gasteiger partial charge is 0.371 e. The van der Waals surface area contributed by atoms with Crippen molar-refractivity contribution in [3.8, 4) is 0 Å². The molecular weight excluding hydrogens is 232 g/mol. The predicted molar refractivity (Wildman–Crippen MR) is 81.6 cm³/mol. The first kappa shape index (κ1) is 13.0. The van der Waals surface area contributed by atoms with Crippen LogP contribution in [0.2, 0.25) is 0 Å². The molecule has 19 heavy (non-hydrogen) atoms. The Bertz CT molecular complexity index is 378. The highest BCUT2D eigenvalue weighted by molar-refractivity contribution is 5.46. The summed E-state index contributed by atoms with van der Waals surface area (Å²) >= 11 is 0. The summed E-state index contributed by atoms with van der Waals surface area (Å²) in [6.45, 7) is 4.75. The fourth-order valence-corrected chi connectivity index (χ4v) is 3.27. The number of nitrogens with zero attached hydrogens (tertiary/aromatic N) is 1. The number of hydrogen-bond donors (Lipinski definition) is 1. The van der Waals surface area contributed by atoms with Gasteiger partial charge in [-0.05, 0) is 44.2 Å². The fraction of sp³-hybridized carbons (Fsp3) is 0.647. The summed E-state index contributed by atoms with van der Waals surface area (Å²) < 4.78 is 0. The maximum atomic E-state index is 3.84. The Kier molecular flexibility index (Phi) is 4.07. The molecule has 1 aromatic carbocycles. The van der Waals surface area contributed by atoms with Crippen LogP contribution in [0.4, 0.5) is 5.69 Å². The lowest BCUT2D eigenvalue weighted by Crippen LogP contribution is -2.45. The monoisotopic (exact) mass is 258 g/mol. The van der Waals surface area contributed by atoms with E-state index < -0.39 is 0 Å². The molecule has 1 saturated heterocycles. The van der Waals surface area contributed by atoms with Crippen molar-refractivity contribution in [1.82, 2.24) is 5.32 Å². The molecule has 1 N–H and O–H groups in total. The van der Waals surface area contributed by atoms with Gasteiger partial charge in [-0.25, -0.2) is 0 Å². The first-order valence-corrected chi connectivity index (χ1v) is 7.87.